The van der Waals surface area contributed by atoms with E-state index < -0.39 is 0 Å². The lowest BCUT2D eigenvalue weighted by molar-refractivity contribution is 0.104. The van der Waals surface area contributed by atoms with Crippen LogP contribution in [0, 0.1) is 17.8 Å². The Hall–Kier alpha value is -3.35. The van der Waals surface area contributed by atoms with Gasteiger partial charge in [-0.1, -0.05) is 60.3 Å². The van der Waals surface area contributed by atoms with Gasteiger partial charge in [-0.05, 0) is 129 Å². The highest BCUT2D eigenvalue weighted by atomic mass is 32.1. The molecule has 0 N–H and O–H groups in total. The Morgan fingerprint density at radius 1 is 0.760 bits per heavy atom. The van der Waals surface area contributed by atoms with Gasteiger partial charge < -0.3 is 14.2 Å². The molecule has 5 nitrogen and oxygen atoms in total. The summed E-state index contributed by atoms with van der Waals surface area (Å²) < 4.78 is 19.7. The summed E-state index contributed by atoms with van der Waals surface area (Å²) in [4.78, 5) is 17.8. The summed E-state index contributed by atoms with van der Waals surface area (Å²) in [6.45, 7) is 16.6. The van der Waals surface area contributed by atoms with Gasteiger partial charge in [0.2, 0.25) is 0 Å². The van der Waals surface area contributed by atoms with Gasteiger partial charge >= 0.3 is 0 Å². The molecule has 1 aliphatic heterocycles. The molecule has 3 aromatic carbocycles. The van der Waals surface area contributed by atoms with Crippen LogP contribution in [0.25, 0.3) is 20.5 Å². The van der Waals surface area contributed by atoms with Crippen molar-refractivity contribution in [3.8, 4) is 27.7 Å². The predicted octanol–water partition coefficient (Wildman–Crippen LogP) is 11.7. The van der Waals surface area contributed by atoms with Crippen LogP contribution in [0.4, 0.5) is 0 Å². The minimum atomic E-state index is 0.0192. The van der Waals surface area contributed by atoms with Crippen molar-refractivity contribution in [3.63, 3.8) is 0 Å². The molecule has 270 valence electrons. The number of hydrogen-bond acceptors (Lipinski definition) is 6. The Bertz CT molecular complexity index is 1600. The highest BCUT2D eigenvalue weighted by Crippen LogP contribution is 2.42. The predicted molar refractivity (Wildman–Crippen MR) is 210 cm³/mol. The second-order valence-corrected chi connectivity index (χ2v) is 15.4. The van der Waals surface area contributed by atoms with Gasteiger partial charge in [0.05, 0.1) is 13.2 Å². The van der Waals surface area contributed by atoms with Crippen LogP contribution in [-0.4, -0.2) is 50.1 Å². The molecule has 2 heterocycles. The number of fused-ring (bicyclic) bond motifs is 1. The van der Waals surface area contributed by atoms with Gasteiger partial charge in [0.1, 0.15) is 23.9 Å². The van der Waals surface area contributed by atoms with Crippen LogP contribution in [0.1, 0.15) is 108 Å². The first-order valence-electron chi connectivity index (χ1n) is 19.3. The molecular formula is C44H59NO4S. The van der Waals surface area contributed by atoms with E-state index in [-0.39, 0.29) is 5.78 Å². The average molecular weight is 698 g/mol. The fourth-order valence-electron chi connectivity index (χ4n) is 7.35. The lowest BCUT2D eigenvalue weighted by Crippen LogP contribution is -2.25. The fourth-order valence-corrected chi connectivity index (χ4v) is 8.58. The minimum Gasteiger partial charge on any atom is -0.493 e. The Balaban J connectivity index is 1.37. The molecule has 0 bridgehead atoms. The molecular weight excluding hydrogens is 639 g/mol. The second kappa shape index (κ2) is 19.3. The molecule has 1 saturated heterocycles. The molecule has 1 unspecified atom stereocenters. The zero-order chi connectivity index (χ0) is 35.3. The molecule has 50 heavy (non-hydrogen) atoms. The molecule has 1 atom stereocenters. The summed E-state index contributed by atoms with van der Waals surface area (Å²) in [7, 11) is 0. The SMILES string of the molecule is CCCC(CCC)COc1ccc(-c2sc3cc(OCC(CCC)CCC)ccc3c2C(=O)c2ccc(OCCN3CCC(C)C3)cc2)cc1. The molecule has 1 fully saturated rings. The Morgan fingerprint density at radius 2 is 1.32 bits per heavy atom. The summed E-state index contributed by atoms with van der Waals surface area (Å²) in [5, 5.41) is 0.962. The maximum absolute atomic E-state index is 14.4. The van der Waals surface area contributed by atoms with Crippen molar-refractivity contribution in [2.75, 3.05) is 39.5 Å². The van der Waals surface area contributed by atoms with Gasteiger partial charge in [-0.25, -0.2) is 0 Å². The lowest BCUT2D eigenvalue weighted by Gasteiger charge is -2.16. The van der Waals surface area contributed by atoms with E-state index in [2.05, 4.69) is 63.8 Å². The molecule has 0 spiro atoms. The van der Waals surface area contributed by atoms with Crippen molar-refractivity contribution >= 4 is 27.2 Å². The van der Waals surface area contributed by atoms with Crippen LogP contribution < -0.4 is 14.2 Å². The van der Waals surface area contributed by atoms with Crippen LogP contribution in [0.2, 0.25) is 0 Å². The third-order valence-corrected chi connectivity index (χ3v) is 11.3. The molecule has 1 aromatic heterocycles. The molecule has 0 amide bonds. The number of hydrogen-bond donors (Lipinski definition) is 0. The van der Waals surface area contributed by atoms with Gasteiger partial charge in [-0.15, -0.1) is 11.3 Å². The summed E-state index contributed by atoms with van der Waals surface area (Å²) >= 11 is 1.66. The number of carbonyl (C=O) groups excluding carboxylic acids is 1. The number of ether oxygens (including phenoxy) is 3. The van der Waals surface area contributed by atoms with Crippen LogP contribution in [0.5, 0.6) is 17.2 Å². The van der Waals surface area contributed by atoms with E-state index in [1.807, 2.05) is 42.5 Å². The van der Waals surface area contributed by atoms with Crippen molar-refractivity contribution in [1.29, 1.82) is 0 Å². The summed E-state index contributed by atoms with van der Waals surface area (Å²) in [5.74, 6) is 4.46. The number of nitrogens with zero attached hydrogens (tertiary/aromatic N) is 1. The normalized spacial score (nSPS) is 15.0. The number of ketones is 1. The largest absolute Gasteiger partial charge is 0.493 e. The number of rotatable bonds is 21. The molecule has 5 rings (SSSR count). The summed E-state index contributed by atoms with van der Waals surface area (Å²) in [6, 6.07) is 22.2. The quantitative estimate of drug-likeness (QED) is 0.0811. The number of thiophene rings is 1. The smallest absolute Gasteiger partial charge is 0.195 e. The van der Waals surface area contributed by atoms with Crippen molar-refractivity contribution in [3.05, 3.63) is 77.9 Å². The van der Waals surface area contributed by atoms with Crippen molar-refractivity contribution in [2.45, 2.75) is 92.4 Å². The monoisotopic (exact) mass is 697 g/mol. The molecule has 0 radical (unpaired) electrons. The van der Waals surface area contributed by atoms with E-state index in [0.29, 0.717) is 24.0 Å². The third-order valence-electron chi connectivity index (χ3n) is 10.1. The maximum atomic E-state index is 14.4. The zero-order valence-corrected chi connectivity index (χ0v) is 32.0. The van der Waals surface area contributed by atoms with Crippen molar-refractivity contribution < 1.29 is 19.0 Å². The van der Waals surface area contributed by atoms with E-state index in [4.69, 9.17) is 14.2 Å². The van der Waals surface area contributed by atoms with E-state index in [1.54, 1.807) is 11.3 Å². The lowest BCUT2D eigenvalue weighted by atomic mass is 9.97. The Morgan fingerprint density at radius 3 is 1.90 bits per heavy atom. The van der Waals surface area contributed by atoms with Crippen LogP contribution in [0.3, 0.4) is 0 Å². The van der Waals surface area contributed by atoms with Gasteiger partial charge in [-0.3, -0.25) is 9.69 Å². The highest BCUT2D eigenvalue weighted by molar-refractivity contribution is 7.22. The topological polar surface area (TPSA) is 48.0 Å². The number of benzene rings is 3. The van der Waals surface area contributed by atoms with E-state index >= 15 is 0 Å². The molecule has 0 aliphatic carbocycles. The molecule has 4 aromatic rings. The van der Waals surface area contributed by atoms with E-state index in [1.165, 1.54) is 57.8 Å². The van der Waals surface area contributed by atoms with Crippen LogP contribution >= 0.6 is 11.3 Å². The fraction of sp³-hybridized carbons (Fsp3) is 0.523. The number of likely N-dealkylation sites (tertiary alicyclic amines) is 1. The molecule has 0 saturated carbocycles. The second-order valence-electron chi connectivity index (χ2n) is 14.4. The maximum Gasteiger partial charge on any atom is 0.195 e. The van der Waals surface area contributed by atoms with Crippen LogP contribution in [0.15, 0.2) is 66.7 Å². The van der Waals surface area contributed by atoms with Gasteiger partial charge in [-0.2, -0.15) is 0 Å². The van der Waals surface area contributed by atoms with E-state index in [0.717, 1.165) is 82.1 Å². The van der Waals surface area contributed by atoms with Gasteiger partial charge in [0.15, 0.2) is 5.78 Å². The van der Waals surface area contributed by atoms with Gasteiger partial charge in [0, 0.05) is 39.2 Å². The van der Waals surface area contributed by atoms with E-state index in [9.17, 15) is 4.79 Å². The van der Waals surface area contributed by atoms with Crippen molar-refractivity contribution in [1.82, 2.24) is 4.90 Å². The van der Waals surface area contributed by atoms with Crippen molar-refractivity contribution in [2.24, 2.45) is 17.8 Å². The summed E-state index contributed by atoms with van der Waals surface area (Å²) in [6.07, 6.45) is 10.7. The Kier molecular flexibility index (Phi) is 14.6. The minimum absolute atomic E-state index is 0.0192. The third kappa shape index (κ3) is 10.4. The van der Waals surface area contributed by atoms with Crippen LogP contribution in [-0.2, 0) is 0 Å². The Labute approximate surface area is 305 Å². The standard InChI is InChI=1S/C44H59NO4S/c1-6-10-33(11-7-2)30-48-38-20-16-36(17-21-38)44-42(40-23-22-39(28-41(40)50-44)49-31-34(12-8-3)13-9-4)43(46)35-14-18-37(19-15-35)47-27-26-45-25-24-32(5)29-45/h14-23,28,32-34H,6-13,24-27,29-31H2,1-5H3. The first kappa shape index (κ1) is 37.9. The molecule has 6 heteroatoms. The first-order valence-corrected chi connectivity index (χ1v) is 20.2. The highest BCUT2D eigenvalue weighted by Gasteiger charge is 2.23. The zero-order valence-electron chi connectivity index (χ0n) is 31.2. The molecule has 1 aliphatic rings. The van der Waals surface area contributed by atoms with Gasteiger partial charge in [0.25, 0.3) is 0 Å². The first-order chi connectivity index (χ1) is 24.4. The average Bonchev–Trinajstić information content (AvgIpc) is 3.73. The number of carbonyl (C=O) groups is 1. The summed E-state index contributed by atoms with van der Waals surface area (Å²) in [5.41, 5.74) is 2.42.